The highest BCUT2D eigenvalue weighted by molar-refractivity contribution is 7.92. The van der Waals surface area contributed by atoms with Gasteiger partial charge in [0.15, 0.2) is 10.7 Å². The van der Waals surface area contributed by atoms with E-state index >= 15 is 0 Å². The van der Waals surface area contributed by atoms with Crippen molar-refractivity contribution in [2.75, 3.05) is 4.72 Å². The average molecular weight is 350 g/mol. The molecule has 2 aromatic carbocycles. The van der Waals surface area contributed by atoms with Crippen molar-refractivity contribution in [3.05, 3.63) is 60.4 Å². The van der Waals surface area contributed by atoms with E-state index in [1.54, 1.807) is 29.8 Å². The Morgan fingerprint density at radius 2 is 1.71 bits per heavy atom. The summed E-state index contributed by atoms with van der Waals surface area (Å²) in [6, 6.07) is 9.23. The molecule has 0 unspecified atom stereocenters. The fourth-order valence-corrected chi connectivity index (χ4v) is 3.45. The second kappa shape index (κ2) is 6.00. The fraction of sp³-hybridized carbons (Fsp3) is 0.0667. The molecule has 0 fully saturated rings. The van der Waals surface area contributed by atoms with Crippen molar-refractivity contribution in [1.82, 2.24) is 14.8 Å². The van der Waals surface area contributed by atoms with E-state index in [1.165, 1.54) is 12.4 Å². The molecule has 6 nitrogen and oxygen atoms in total. The van der Waals surface area contributed by atoms with E-state index < -0.39 is 26.6 Å². The molecule has 0 aliphatic heterocycles. The van der Waals surface area contributed by atoms with E-state index in [2.05, 4.69) is 14.9 Å². The maximum atomic E-state index is 13.8. The molecule has 124 valence electrons. The molecule has 24 heavy (non-hydrogen) atoms. The largest absolute Gasteiger partial charge is 0.317 e. The number of aromatic nitrogens is 3. The molecule has 0 bridgehead atoms. The third kappa shape index (κ3) is 2.85. The van der Waals surface area contributed by atoms with Gasteiger partial charge in [-0.3, -0.25) is 4.72 Å². The van der Waals surface area contributed by atoms with Gasteiger partial charge in [-0.25, -0.2) is 17.2 Å². The molecule has 0 amide bonds. The van der Waals surface area contributed by atoms with Gasteiger partial charge in [0.1, 0.15) is 18.0 Å². The Morgan fingerprint density at radius 1 is 1.04 bits per heavy atom. The molecule has 0 spiro atoms. The number of nitrogens with zero attached hydrogens (tertiary/aromatic N) is 3. The first-order chi connectivity index (χ1) is 11.4. The summed E-state index contributed by atoms with van der Waals surface area (Å²) in [5.74, 6) is -1.93. The van der Waals surface area contributed by atoms with Gasteiger partial charge in [0.05, 0.1) is 5.69 Å². The van der Waals surface area contributed by atoms with Crippen molar-refractivity contribution < 1.29 is 17.2 Å². The molecule has 0 aliphatic rings. The lowest BCUT2D eigenvalue weighted by molar-refractivity contribution is 0.521. The monoisotopic (exact) mass is 350 g/mol. The zero-order valence-corrected chi connectivity index (χ0v) is 13.3. The predicted molar refractivity (Wildman–Crippen MR) is 83.6 cm³/mol. The van der Waals surface area contributed by atoms with Crippen molar-refractivity contribution in [3.8, 4) is 11.4 Å². The highest BCUT2D eigenvalue weighted by Gasteiger charge is 2.25. The van der Waals surface area contributed by atoms with Crippen LogP contribution in [-0.2, 0) is 17.1 Å². The lowest BCUT2D eigenvalue weighted by atomic mass is 10.2. The SMILES string of the molecule is Cn1cnnc1-c1ccccc1NS(=O)(=O)c1c(F)cccc1F. The average Bonchev–Trinajstić information content (AvgIpc) is 2.93. The Labute approximate surface area is 136 Å². The smallest absolute Gasteiger partial charge is 0.267 e. The van der Waals surface area contributed by atoms with E-state index in [0.717, 1.165) is 18.2 Å². The van der Waals surface area contributed by atoms with Gasteiger partial charge in [-0.1, -0.05) is 18.2 Å². The Balaban J connectivity index is 2.08. The fourth-order valence-electron chi connectivity index (χ4n) is 2.23. The minimum absolute atomic E-state index is 0.135. The van der Waals surface area contributed by atoms with E-state index in [-0.39, 0.29) is 5.69 Å². The van der Waals surface area contributed by atoms with Gasteiger partial charge in [0.25, 0.3) is 10.0 Å². The van der Waals surface area contributed by atoms with E-state index in [0.29, 0.717) is 11.4 Å². The normalized spacial score (nSPS) is 11.5. The molecule has 3 rings (SSSR count). The molecule has 0 radical (unpaired) electrons. The number of sulfonamides is 1. The van der Waals surface area contributed by atoms with Crippen LogP contribution in [0.1, 0.15) is 0 Å². The molecule has 3 aromatic rings. The van der Waals surface area contributed by atoms with Crippen LogP contribution < -0.4 is 4.72 Å². The topological polar surface area (TPSA) is 76.9 Å². The zero-order chi connectivity index (χ0) is 17.3. The molecule has 0 saturated carbocycles. The summed E-state index contributed by atoms with van der Waals surface area (Å²) in [5, 5.41) is 7.65. The van der Waals surface area contributed by atoms with Crippen LogP contribution >= 0.6 is 0 Å². The van der Waals surface area contributed by atoms with Crippen LogP contribution in [0.3, 0.4) is 0 Å². The van der Waals surface area contributed by atoms with Gasteiger partial charge < -0.3 is 4.57 Å². The van der Waals surface area contributed by atoms with E-state index in [9.17, 15) is 17.2 Å². The maximum absolute atomic E-state index is 13.8. The number of hydrogen-bond donors (Lipinski definition) is 1. The van der Waals surface area contributed by atoms with Crippen molar-refractivity contribution in [3.63, 3.8) is 0 Å². The molecule has 0 aliphatic carbocycles. The van der Waals surface area contributed by atoms with Gasteiger partial charge in [-0.15, -0.1) is 10.2 Å². The van der Waals surface area contributed by atoms with Crippen molar-refractivity contribution >= 4 is 15.7 Å². The van der Waals surface area contributed by atoms with Crippen molar-refractivity contribution in [2.24, 2.45) is 7.05 Å². The third-order valence-electron chi connectivity index (χ3n) is 3.31. The van der Waals surface area contributed by atoms with Crippen LogP contribution in [0.4, 0.5) is 14.5 Å². The highest BCUT2D eigenvalue weighted by Crippen LogP contribution is 2.29. The molecule has 9 heteroatoms. The van der Waals surface area contributed by atoms with Crippen LogP contribution in [0, 0.1) is 11.6 Å². The van der Waals surface area contributed by atoms with Crippen LogP contribution in [0.15, 0.2) is 53.7 Å². The molecular weight excluding hydrogens is 338 g/mol. The van der Waals surface area contributed by atoms with Gasteiger partial charge in [0.2, 0.25) is 0 Å². The van der Waals surface area contributed by atoms with Gasteiger partial charge in [0, 0.05) is 12.6 Å². The number of anilines is 1. The Morgan fingerprint density at radius 3 is 2.33 bits per heavy atom. The van der Waals surface area contributed by atoms with Crippen molar-refractivity contribution in [2.45, 2.75) is 4.90 Å². The highest BCUT2D eigenvalue weighted by atomic mass is 32.2. The standard InChI is InChI=1S/C15H12F2N4O2S/c1-21-9-18-19-15(21)10-5-2-3-8-13(10)20-24(22,23)14-11(16)6-4-7-12(14)17/h2-9,20H,1H3. The summed E-state index contributed by atoms with van der Waals surface area (Å²) in [7, 11) is -2.77. The number of aryl methyl sites for hydroxylation is 1. The first-order valence-electron chi connectivity index (χ1n) is 6.80. The zero-order valence-electron chi connectivity index (χ0n) is 12.4. The van der Waals surface area contributed by atoms with Gasteiger partial charge in [-0.2, -0.15) is 0 Å². The minimum atomic E-state index is -4.46. The Hall–Kier alpha value is -2.81. The molecule has 1 heterocycles. The summed E-state index contributed by atoms with van der Waals surface area (Å²) in [6.07, 6.45) is 1.46. The number of benzene rings is 2. The molecule has 1 N–H and O–H groups in total. The minimum Gasteiger partial charge on any atom is -0.317 e. The molecule has 1 aromatic heterocycles. The lowest BCUT2D eigenvalue weighted by Gasteiger charge is -2.13. The van der Waals surface area contributed by atoms with Gasteiger partial charge >= 0.3 is 0 Å². The maximum Gasteiger partial charge on any atom is 0.267 e. The van der Waals surface area contributed by atoms with Crippen molar-refractivity contribution in [1.29, 1.82) is 0 Å². The quantitative estimate of drug-likeness (QED) is 0.784. The Kier molecular flexibility index (Phi) is 4.02. The van der Waals surface area contributed by atoms with Gasteiger partial charge in [-0.05, 0) is 24.3 Å². The number of para-hydroxylation sites is 1. The van der Waals surface area contributed by atoms with Crippen LogP contribution in [0.2, 0.25) is 0 Å². The lowest BCUT2D eigenvalue weighted by Crippen LogP contribution is -2.17. The summed E-state index contributed by atoms with van der Waals surface area (Å²) >= 11 is 0. The summed E-state index contributed by atoms with van der Waals surface area (Å²) < 4.78 is 56.2. The van der Waals surface area contributed by atoms with Crippen LogP contribution in [-0.4, -0.2) is 23.2 Å². The summed E-state index contributed by atoms with van der Waals surface area (Å²) in [6.45, 7) is 0. The molecule has 0 atom stereocenters. The summed E-state index contributed by atoms with van der Waals surface area (Å²) in [4.78, 5) is -1.03. The number of hydrogen-bond acceptors (Lipinski definition) is 4. The first kappa shape index (κ1) is 16.1. The van der Waals surface area contributed by atoms with E-state index in [4.69, 9.17) is 0 Å². The number of halogens is 2. The summed E-state index contributed by atoms with van der Waals surface area (Å²) in [5.41, 5.74) is 0.564. The first-order valence-corrected chi connectivity index (χ1v) is 8.28. The van der Waals surface area contributed by atoms with Crippen LogP contribution in [0.5, 0.6) is 0 Å². The molecular formula is C15H12F2N4O2S. The Bertz CT molecular complexity index is 982. The second-order valence-electron chi connectivity index (χ2n) is 4.97. The molecule has 0 saturated heterocycles. The number of nitrogens with one attached hydrogen (secondary N) is 1. The second-order valence-corrected chi connectivity index (χ2v) is 6.59. The number of rotatable bonds is 4. The predicted octanol–water partition coefficient (Wildman–Crippen LogP) is 2.56. The van der Waals surface area contributed by atoms with E-state index in [1.807, 2.05) is 0 Å². The van der Waals surface area contributed by atoms with Crippen LogP contribution in [0.25, 0.3) is 11.4 Å². The third-order valence-corrected chi connectivity index (χ3v) is 4.73.